The fraction of sp³-hybridized carbons (Fsp3) is 0.125. The number of carboxylic acids is 1. The Kier molecular flexibility index (Phi) is 7.01. The van der Waals surface area contributed by atoms with Crippen molar-refractivity contribution in [2.75, 3.05) is 17.7 Å². The van der Waals surface area contributed by atoms with Gasteiger partial charge in [-0.2, -0.15) is 0 Å². The topological polar surface area (TPSA) is 105 Å². The lowest BCUT2D eigenvalue weighted by atomic mass is 10.1. The van der Waals surface area contributed by atoms with E-state index in [2.05, 4.69) is 10.6 Å². The van der Waals surface area contributed by atoms with Crippen molar-refractivity contribution in [3.05, 3.63) is 89.5 Å². The second-order valence-corrected chi connectivity index (χ2v) is 6.78. The highest BCUT2D eigenvalue weighted by molar-refractivity contribution is 6.08. The largest absolute Gasteiger partial charge is 0.497 e. The van der Waals surface area contributed by atoms with E-state index >= 15 is 0 Å². The number of aryl methyl sites for hydroxylation is 1. The summed E-state index contributed by atoms with van der Waals surface area (Å²) in [5.74, 6) is -1.02. The first-order chi connectivity index (χ1) is 15.0. The summed E-state index contributed by atoms with van der Waals surface area (Å²) >= 11 is 0. The number of nitrogens with one attached hydrogen (secondary N) is 2. The average molecular weight is 418 g/mol. The predicted octanol–water partition coefficient (Wildman–Crippen LogP) is 4.22. The molecule has 7 nitrogen and oxygen atoms in total. The van der Waals surface area contributed by atoms with Crippen LogP contribution in [0.2, 0.25) is 0 Å². The molecule has 0 heterocycles. The first-order valence-electron chi connectivity index (χ1n) is 9.63. The molecule has 2 amide bonds. The quantitative estimate of drug-likeness (QED) is 0.508. The fourth-order valence-electron chi connectivity index (χ4n) is 2.98. The van der Waals surface area contributed by atoms with Crippen molar-refractivity contribution in [2.24, 2.45) is 0 Å². The number of para-hydroxylation sites is 1. The number of amides is 2. The van der Waals surface area contributed by atoms with Crippen LogP contribution >= 0.6 is 0 Å². The molecule has 0 aromatic heterocycles. The van der Waals surface area contributed by atoms with Crippen molar-refractivity contribution in [1.29, 1.82) is 0 Å². The molecule has 3 aromatic rings. The smallest absolute Gasteiger partial charge is 0.337 e. The van der Waals surface area contributed by atoms with E-state index in [1.54, 1.807) is 43.5 Å². The number of rotatable bonds is 8. The molecule has 3 rings (SSSR count). The number of anilines is 2. The zero-order chi connectivity index (χ0) is 22.2. The molecule has 0 atom stereocenters. The molecule has 0 bridgehead atoms. The third-order valence-electron chi connectivity index (χ3n) is 4.61. The van der Waals surface area contributed by atoms with Gasteiger partial charge < -0.3 is 20.5 Å². The number of carbonyl (C=O) groups excluding carboxylic acids is 2. The van der Waals surface area contributed by atoms with Gasteiger partial charge in [0.05, 0.1) is 18.4 Å². The molecule has 0 aliphatic rings. The van der Waals surface area contributed by atoms with Crippen LogP contribution in [0, 0.1) is 0 Å². The van der Waals surface area contributed by atoms with Gasteiger partial charge in [-0.3, -0.25) is 9.59 Å². The van der Waals surface area contributed by atoms with E-state index in [0.29, 0.717) is 17.7 Å². The molecule has 0 fully saturated rings. The Bertz CT molecular complexity index is 1090. The number of aromatic carboxylic acids is 1. The third kappa shape index (κ3) is 5.93. The SMILES string of the molecule is COc1ccc(CCC(=O)Nc2cccc(C(=O)Nc3ccccc3C(=O)O)c2)cc1. The predicted molar refractivity (Wildman–Crippen MR) is 118 cm³/mol. The van der Waals surface area contributed by atoms with Crippen LogP contribution in [0.4, 0.5) is 11.4 Å². The molecule has 3 N–H and O–H groups in total. The summed E-state index contributed by atoms with van der Waals surface area (Å²) in [5.41, 5.74) is 2.00. The summed E-state index contributed by atoms with van der Waals surface area (Å²) in [7, 11) is 1.60. The highest BCUT2D eigenvalue weighted by Gasteiger charge is 2.13. The van der Waals surface area contributed by atoms with Gasteiger partial charge in [-0.15, -0.1) is 0 Å². The van der Waals surface area contributed by atoms with Gasteiger partial charge in [0, 0.05) is 17.7 Å². The maximum absolute atomic E-state index is 12.6. The van der Waals surface area contributed by atoms with Gasteiger partial charge in [0.2, 0.25) is 5.91 Å². The molecular formula is C24H22N2O5. The van der Waals surface area contributed by atoms with E-state index in [1.807, 2.05) is 24.3 Å². The van der Waals surface area contributed by atoms with Crippen LogP contribution in [0.25, 0.3) is 0 Å². The molecule has 0 aliphatic carbocycles. The third-order valence-corrected chi connectivity index (χ3v) is 4.61. The summed E-state index contributed by atoms with van der Waals surface area (Å²) in [6.45, 7) is 0. The summed E-state index contributed by atoms with van der Waals surface area (Å²) in [5, 5.41) is 14.6. The van der Waals surface area contributed by atoms with Gasteiger partial charge in [-0.05, 0) is 54.4 Å². The number of carbonyl (C=O) groups is 3. The maximum Gasteiger partial charge on any atom is 0.337 e. The van der Waals surface area contributed by atoms with Crippen LogP contribution in [0.15, 0.2) is 72.8 Å². The van der Waals surface area contributed by atoms with Gasteiger partial charge in [0.25, 0.3) is 5.91 Å². The summed E-state index contributed by atoms with van der Waals surface area (Å²) in [6.07, 6.45) is 0.858. The number of hydrogen-bond donors (Lipinski definition) is 3. The molecule has 3 aromatic carbocycles. The second kappa shape index (κ2) is 10.1. The minimum absolute atomic E-state index is 0.00107. The highest BCUT2D eigenvalue weighted by atomic mass is 16.5. The summed E-state index contributed by atoms with van der Waals surface area (Å²) in [4.78, 5) is 36.2. The molecule has 0 aliphatic heterocycles. The van der Waals surface area contributed by atoms with Crippen LogP contribution in [0.5, 0.6) is 5.75 Å². The van der Waals surface area contributed by atoms with Gasteiger partial charge in [0.1, 0.15) is 5.75 Å². The Hall–Kier alpha value is -4.13. The Morgan fingerprint density at radius 2 is 1.65 bits per heavy atom. The Labute approximate surface area is 179 Å². The monoisotopic (exact) mass is 418 g/mol. The van der Waals surface area contributed by atoms with E-state index in [1.165, 1.54) is 12.1 Å². The van der Waals surface area contributed by atoms with Gasteiger partial charge >= 0.3 is 5.97 Å². The maximum atomic E-state index is 12.6. The first kappa shape index (κ1) is 21.6. The van der Waals surface area contributed by atoms with Crippen molar-refractivity contribution in [3.63, 3.8) is 0 Å². The van der Waals surface area contributed by atoms with E-state index in [0.717, 1.165) is 11.3 Å². The van der Waals surface area contributed by atoms with Crippen LogP contribution in [0.3, 0.4) is 0 Å². The molecule has 0 unspecified atom stereocenters. The first-order valence-corrected chi connectivity index (χ1v) is 9.63. The van der Waals surface area contributed by atoms with Crippen molar-refractivity contribution in [1.82, 2.24) is 0 Å². The highest BCUT2D eigenvalue weighted by Crippen LogP contribution is 2.18. The van der Waals surface area contributed by atoms with E-state index in [-0.39, 0.29) is 23.6 Å². The van der Waals surface area contributed by atoms with Crippen LogP contribution in [-0.4, -0.2) is 30.0 Å². The van der Waals surface area contributed by atoms with Crippen molar-refractivity contribution in [2.45, 2.75) is 12.8 Å². The molecule has 31 heavy (non-hydrogen) atoms. The van der Waals surface area contributed by atoms with E-state index in [9.17, 15) is 19.5 Å². The minimum atomic E-state index is -1.13. The van der Waals surface area contributed by atoms with Crippen molar-refractivity contribution < 1.29 is 24.2 Å². The van der Waals surface area contributed by atoms with Crippen LogP contribution in [-0.2, 0) is 11.2 Å². The number of carboxylic acid groups (broad SMARTS) is 1. The Morgan fingerprint density at radius 1 is 0.903 bits per heavy atom. The molecule has 158 valence electrons. The lowest BCUT2D eigenvalue weighted by Gasteiger charge is -2.10. The molecule has 0 spiro atoms. The van der Waals surface area contributed by atoms with E-state index < -0.39 is 11.9 Å². The lowest BCUT2D eigenvalue weighted by Crippen LogP contribution is -2.16. The minimum Gasteiger partial charge on any atom is -0.497 e. The van der Waals surface area contributed by atoms with Crippen molar-refractivity contribution in [3.8, 4) is 5.75 Å². The standard InChI is InChI=1S/C24H22N2O5/c1-31-19-12-9-16(10-13-19)11-14-22(27)25-18-6-4-5-17(15-18)23(28)26-21-8-3-2-7-20(21)24(29)30/h2-10,12-13,15H,11,14H2,1H3,(H,25,27)(H,26,28)(H,29,30). The normalized spacial score (nSPS) is 10.2. The van der Waals surface area contributed by atoms with E-state index in [4.69, 9.17) is 4.74 Å². The molecule has 0 radical (unpaired) electrons. The number of methoxy groups -OCH3 is 1. The van der Waals surface area contributed by atoms with Gasteiger partial charge in [-0.25, -0.2) is 4.79 Å². The Morgan fingerprint density at radius 3 is 2.35 bits per heavy atom. The summed E-state index contributed by atoms with van der Waals surface area (Å²) in [6, 6.07) is 20.1. The number of ether oxygens (including phenoxy) is 1. The zero-order valence-electron chi connectivity index (χ0n) is 16.9. The molecule has 0 saturated heterocycles. The molecule has 7 heteroatoms. The van der Waals surface area contributed by atoms with Gasteiger partial charge in [-0.1, -0.05) is 30.3 Å². The lowest BCUT2D eigenvalue weighted by molar-refractivity contribution is -0.116. The van der Waals surface area contributed by atoms with Crippen molar-refractivity contribution >= 4 is 29.2 Å². The zero-order valence-corrected chi connectivity index (χ0v) is 16.9. The molecule has 0 saturated carbocycles. The second-order valence-electron chi connectivity index (χ2n) is 6.78. The number of benzene rings is 3. The van der Waals surface area contributed by atoms with Gasteiger partial charge in [0.15, 0.2) is 0 Å². The fourth-order valence-corrected chi connectivity index (χ4v) is 2.98. The summed E-state index contributed by atoms with van der Waals surface area (Å²) < 4.78 is 5.12. The average Bonchev–Trinajstić information content (AvgIpc) is 2.78. The number of hydrogen-bond acceptors (Lipinski definition) is 4. The van der Waals surface area contributed by atoms with Crippen LogP contribution < -0.4 is 15.4 Å². The van der Waals surface area contributed by atoms with Crippen LogP contribution in [0.1, 0.15) is 32.7 Å². The Balaban J connectivity index is 1.61. The molecular weight excluding hydrogens is 396 g/mol.